The zero-order valence-corrected chi connectivity index (χ0v) is 11.0. The molecular weight excluding hydrogens is 212 g/mol. The van der Waals surface area contributed by atoms with Crippen LogP contribution in [0.1, 0.15) is 38.5 Å². The van der Waals surface area contributed by atoms with Crippen LogP contribution in [-0.4, -0.2) is 31.1 Å². The molecule has 1 aromatic heterocycles. The molecule has 0 saturated carbocycles. The molecule has 3 nitrogen and oxygen atoms in total. The van der Waals surface area contributed by atoms with E-state index in [4.69, 9.17) is 4.42 Å². The Morgan fingerprint density at radius 3 is 3.00 bits per heavy atom. The number of hydrogen-bond acceptors (Lipinski definition) is 3. The van der Waals surface area contributed by atoms with Crippen molar-refractivity contribution in [3.8, 4) is 0 Å². The first-order valence-electron chi connectivity index (χ1n) is 6.82. The molecule has 96 valence electrons. The molecule has 0 amide bonds. The maximum absolute atomic E-state index is 5.47. The van der Waals surface area contributed by atoms with Gasteiger partial charge in [0.1, 0.15) is 5.76 Å². The van der Waals surface area contributed by atoms with Crippen molar-refractivity contribution in [3.05, 3.63) is 24.2 Å². The van der Waals surface area contributed by atoms with Gasteiger partial charge in [-0.1, -0.05) is 13.8 Å². The second-order valence-electron chi connectivity index (χ2n) is 4.93. The minimum Gasteiger partial charge on any atom is -0.468 e. The minimum absolute atomic E-state index is 0.376. The fourth-order valence-corrected chi connectivity index (χ4v) is 2.61. The summed E-state index contributed by atoms with van der Waals surface area (Å²) in [5, 5.41) is 3.64. The molecule has 1 fully saturated rings. The summed E-state index contributed by atoms with van der Waals surface area (Å²) in [4.78, 5) is 2.53. The van der Waals surface area contributed by atoms with E-state index in [0.29, 0.717) is 6.04 Å². The molecule has 2 rings (SSSR count). The second-order valence-corrected chi connectivity index (χ2v) is 4.93. The summed E-state index contributed by atoms with van der Waals surface area (Å²) in [5.74, 6) is 1.87. The maximum atomic E-state index is 5.47. The van der Waals surface area contributed by atoms with Crippen molar-refractivity contribution in [3.63, 3.8) is 0 Å². The van der Waals surface area contributed by atoms with Gasteiger partial charge in [-0.15, -0.1) is 0 Å². The van der Waals surface area contributed by atoms with Gasteiger partial charge in [-0.05, 0) is 50.5 Å². The van der Waals surface area contributed by atoms with Crippen LogP contribution in [0, 0.1) is 5.92 Å². The molecule has 0 aromatic carbocycles. The monoisotopic (exact) mass is 236 g/mol. The number of rotatable bonds is 6. The van der Waals surface area contributed by atoms with E-state index in [1.54, 1.807) is 6.26 Å². The van der Waals surface area contributed by atoms with E-state index in [1.807, 2.05) is 6.07 Å². The zero-order valence-electron chi connectivity index (χ0n) is 11.0. The molecule has 17 heavy (non-hydrogen) atoms. The van der Waals surface area contributed by atoms with Crippen LogP contribution in [0.4, 0.5) is 0 Å². The molecular formula is C14H24N2O. The van der Waals surface area contributed by atoms with Crippen molar-refractivity contribution in [1.82, 2.24) is 10.2 Å². The summed E-state index contributed by atoms with van der Waals surface area (Å²) in [6.45, 7) is 9.25. The standard InChI is InChI=1S/C14H24N2O/c1-3-13(14-6-5-9-17-14)15-10-12-7-8-16(4-2)11-12/h5-6,9,12-13,15H,3-4,7-8,10-11H2,1-2H3. The molecule has 1 aliphatic heterocycles. The summed E-state index contributed by atoms with van der Waals surface area (Å²) in [6, 6.07) is 4.41. The van der Waals surface area contributed by atoms with Crippen LogP contribution in [0.25, 0.3) is 0 Å². The van der Waals surface area contributed by atoms with Crippen LogP contribution in [0.3, 0.4) is 0 Å². The fraction of sp³-hybridized carbons (Fsp3) is 0.714. The van der Waals surface area contributed by atoms with Crippen LogP contribution < -0.4 is 5.32 Å². The fourth-order valence-electron chi connectivity index (χ4n) is 2.61. The molecule has 1 aliphatic rings. The first-order valence-corrected chi connectivity index (χ1v) is 6.82. The number of likely N-dealkylation sites (tertiary alicyclic amines) is 1. The highest BCUT2D eigenvalue weighted by Gasteiger charge is 2.22. The van der Waals surface area contributed by atoms with Crippen LogP contribution in [0.15, 0.2) is 22.8 Å². The van der Waals surface area contributed by atoms with E-state index >= 15 is 0 Å². The highest BCUT2D eigenvalue weighted by Crippen LogP contribution is 2.19. The van der Waals surface area contributed by atoms with E-state index in [-0.39, 0.29) is 0 Å². The van der Waals surface area contributed by atoms with Gasteiger partial charge in [0.15, 0.2) is 0 Å². The third kappa shape index (κ3) is 3.33. The molecule has 1 saturated heterocycles. The van der Waals surface area contributed by atoms with Crippen molar-refractivity contribution in [2.75, 3.05) is 26.2 Å². The van der Waals surface area contributed by atoms with Crippen LogP contribution >= 0.6 is 0 Å². The smallest absolute Gasteiger partial charge is 0.120 e. The second kappa shape index (κ2) is 6.22. The van der Waals surface area contributed by atoms with Gasteiger partial charge in [-0.3, -0.25) is 0 Å². The summed E-state index contributed by atoms with van der Waals surface area (Å²) >= 11 is 0. The molecule has 0 radical (unpaired) electrons. The SMILES string of the molecule is CCC(NCC1CCN(CC)C1)c1ccco1. The molecule has 3 heteroatoms. The maximum Gasteiger partial charge on any atom is 0.120 e. The Balaban J connectivity index is 1.77. The average molecular weight is 236 g/mol. The van der Waals surface area contributed by atoms with Gasteiger partial charge in [0.05, 0.1) is 12.3 Å². The van der Waals surface area contributed by atoms with E-state index < -0.39 is 0 Å². The lowest BCUT2D eigenvalue weighted by atomic mass is 10.1. The van der Waals surface area contributed by atoms with Crippen molar-refractivity contribution < 1.29 is 4.42 Å². The molecule has 1 N–H and O–H groups in total. The van der Waals surface area contributed by atoms with Crippen LogP contribution in [0.5, 0.6) is 0 Å². The Hall–Kier alpha value is -0.800. The first-order chi connectivity index (χ1) is 8.33. The lowest BCUT2D eigenvalue weighted by molar-refractivity contribution is 0.328. The van der Waals surface area contributed by atoms with Crippen molar-refractivity contribution in [1.29, 1.82) is 0 Å². The van der Waals surface area contributed by atoms with Gasteiger partial charge >= 0.3 is 0 Å². The summed E-state index contributed by atoms with van der Waals surface area (Å²) in [5.41, 5.74) is 0. The Bertz CT molecular complexity index is 310. The van der Waals surface area contributed by atoms with Gasteiger partial charge in [-0.25, -0.2) is 0 Å². The summed E-state index contributed by atoms with van der Waals surface area (Å²) in [7, 11) is 0. The Morgan fingerprint density at radius 1 is 1.53 bits per heavy atom. The van der Waals surface area contributed by atoms with Gasteiger partial charge < -0.3 is 14.6 Å². The normalized spacial score (nSPS) is 23.1. The average Bonchev–Trinajstić information content (AvgIpc) is 3.00. The third-order valence-electron chi connectivity index (χ3n) is 3.76. The van der Waals surface area contributed by atoms with Gasteiger partial charge in [-0.2, -0.15) is 0 Å². The first kappa shape index (κ1) is 12.7. The van der Waals surface area contributed by atoms with Gasteiger partial charge in [0, 0.05) is 6.54 Å². The Kier molecular flexibility index (Phi) is 4.63. The number of hydrogen-bond donors (Lipinski definition) is 1. The number of nitrogens with zero attached hydrogens (tertiary/aromatic N) is 1. The van der Waals surface area contributed by atoms with Crippen molar-refractivity contribution in [2.45, 2.75) is 32.7 Å². The highest BCUT2D eigenvalue weighted by atomic mass is 16.3. The lowest BCUT2D eigenvalue weighted by Crippen LogP contribution is -2.29. The predicted molar refractivity (Wildman–Crippen MR) is 70.0 cm³/mol. The topological polar surface area (TPSA) is 28.4 Å². The van der Waals surface area contributed by atoms with Crippen molar-refractivity contribution in [2.24, 2.45) is 5.92 Å². The zero-order chi connectivity index (χ0) is 12.1. The largest absolute Gasteiger partial charge is 0.468 e. The molecule has 1 aromatic rings. The quantitative estimate of drug-likeness (QED) is 0.823. The predicted octanol–water partition coefficient (Wildman–Crippen LogP) is 2.66. The summed E-state index contributed by atoms with van der Waals surface area (Å²) in [6.07, 6.45) is 4.17. The van der Waals surface area contributed by atoms with Crippen molar-refractivity contribution >= 4 is 0 Å². The number of nitrogens with one attached hydrogen (secondary N) is 1. The molecule has 2 atom stereocenters. The molecule has 2 unspecified atom stereocenters. The van der Waals surface area contributed by atoms with Crippen LogP contribution in [0.2, 0.25) is 0 Å². The van der Waals surface area contributed by atoms with E-state index in [9.17, 15) is 0 Å². The third-order valence-corrected chi connectivity index (χ3v) is 3.76. The highest BCUT2D eigenvalue weighted by molar-refractivity contribution is 5.04. The molecule has 2 heterocycles. The lowest BCUT2D eigenvalue weighted by Gasteiger charge is -2.18. The Morgan fingerprint density at radius 2 is 2.41 bits per heavy atom. The summed E-state index contributed by atoms with van der Waals surface area (Å²) < 4.78 is 5.47. The van der Waals surface area contributed by atoms with E-state index in [0.717, 1.165) is 24.6 Å². The number of furan rings is 1. The molecule has 0 bridgehead atoms. The van der Waals surface area contributed by atoms with Gasteiger partial charge in [0.25, 0.3) is 0 Å². The molecule has 0 aliphatic carbocycles. The minimum atomic E-state index is 0.376. The van der Waals surface area contributed by atoms with Crippen LogP contribution in [-0.2, 0) is 0 Å². The van der Waals surface area contributed by atoms with Gasteiger partial charge in [0.2, 0.25) is 0 Å². The Labute approximate surface area is 104 Å². The van der Waals surface area contributed by atoms with E-state index in [1.165, 1.54) is 26.1 Å². The molecule has 0 spiro atoms. The van der Waals surface area contributed by atoms with E-state index in [2.05, 4.69) is 30.1 Å².